The molecule has 21 heavy (non-hydrogen) atoms. The molecule has 2 aromatic rings. The fourth-order valence-corrected chi connectivity index (χ4v) is 3.30. The molecule has 1 aromatic carbocycles. The molecule has 1 aliphatic carbocycles. The molecule has 0 aliphatic heterocycles. The molecule has 4 nitrogen and oxygen atoms in total. The fourth-order valence-electron chi connectivity index (χ4n) is 2.42. The Hall–Kier alpha value is -1.59. The highest BCUT2D eigenvalue weighted by molar-refractivity contribution is 7.09. The third-order valence-corrected chi connectivity index (χ3v) is 4.64. The van der Waals surface area contributed by atoms with Gasteiger partial charge in [0.25, 0.3) is 0 Å². The summed E-state index contributed by atoms with van der Waals surface area (Å²) in [5.74, 6) is 1.54. The fraction of sp³-hybridized carbons (Fsp3) is 0.438. The molecule has 1 N–H and O–H groups in total. The number of hydrogen-bond donors (Lipinski definition) is 1. The van der Waals surface area contributed by atoms with Crippen LogP contribution < -0.4 is 14.8 Å². The van der Waals surface area contributed by atoms with Crippen molar-refractivity contribution in [2.75, 3.05) is 14.2 Å². The number of aryl methyl sites for hydroxylation is 1. The first kappa shape index (κ1) is 14.4. The summed E-state index contributed by atoms with van der Waals surface area (Å²) in [6.45, 7) is 2.02. The van der Waals surface area contributed by atoms with Gasteiger partial charge in [-0.25, -0.2) is 4.98 Å². The zero-order chi connectivity index (χ0) is 14.8. The minimum atomic E-state index is 0.0567. The van der Waals surface area contributed by atoms with Gasteiger partial charge >= 0.3 is 0 Å². The van der Waals surface area contributed by atoms with Gasteiger partial charge in [0.2, 0.25) is 0 Å². The van der Waals surface area contributed by atoms with E-state index in [-0.39, 0.29) is 6.04 Å². The van der Waals surface area contributed by atoms with E-state index in [4.69, 9.17) is 9.47 Å². The number of rotatable bonds is 6. The Bertz CT molecular complexity index is 622. The van der Waals surface area contributed by atoms with E-state index in [1.165, 1.54) is 12.8 Å². The van der Waals surface area contributed by atoms with Crippen LogP contribution in [0, 0.1) is 6.92 Å². The van der Waals surface area contributed by atoms with Crippen molar-refractivity contribution in [3.05, 3.63) is 39.8 Å². The highest BCUT2D eigenvalue weighted by atomic mass is 32.1. The summed E-state index contributed by atoms with van der Waals surface area (Å²) in [7, 11) is 3.35. The van der Waals surface area contributed by atoms with Crippen LogP contribution in [-0.2, 0) is 0 Å². The predicted octanol–water partition coefficient (Wildman–Crippen LogP) is 3.31. The Morgan fingerprint density at radius 2 is 2.10 bits per heavy atom. The van der Waals surface area contributed by atoms with Crippen LogP contribution in [0.25, 0.3) is 0 Å². The van der Waals surface area contributed by atoms with Crippen LogP contribution in [0.1, 0.15) is 35.1 Å². The molecule has 1 fully saturated rings. The van der Waals surface area contributed by atoms with Gasteiger partial charge in [-0.3, -0.25) is 0 Å². The first-order valence-electron chi connectivity index (χ1n) is 7.12. The summed E-state index contributed by atoms with van der Waals surface area (Å²) in [5.41, 5.74) is 2.14. The Morgan fingerprint density at radius 3 is 2.67 bits per heavy atom. The maximum absolute atomic E-state index is 5.59. The van der Waals surface area contributed by atoms with Crippen LogP contribution in [-0.4, -0.2) is 25.2 Å². The molecule has 0 saturated heterocycles. The summed E-state index contributed by atoms with van der Waals surface area (Å²) in [5, 5.41) is 6.84. The van der Waals surface area contributed by atoms with Crippen LogP contribution in [0.4, 0.5) is 0 Å². The number of methoxy groups -OCH3 is 2. The molecule has 0 bridgehead atoms. The van der Waals surface area contributed by atoms with Gasteiger partial charge in [0, 0.05) is 22.7 Å². The van der Waals surface area contributed by atoms with E-state index in [0.29, 0.717) is 6.04 Å². The molecule has 0 radical (unpaired) electrons. The Labute approximate surface area is 129 Å². The topological polar surface area (TPSA) is 43.4 Å². The SMILES string of the molecule is COc1cccc(C(NC2CC2)c2nc(C)cs2)c1OC. The number of aromatic nitrogens is 1. The molecule has 112 valence electrons. The number of benzene rings is 1. The maximum Gasteiger partial charge on any atom is 0.165 e. The van der Waals surface area contributed by atoms with Crippen LogP contribution in [0.2, 0.25) is 0 Å². The van der Waals surface area contributed by atoms with Gasteiger partial charge in [-0.05, 0) is 25.8 Å². The first-order chi connectivity index (χ1) is 10.2. The average Bonchev–Trinajstić information content (AvgIpc) is 3.23. The molecule has 1 unspecified atom stereocenters. The molecular weight excluding hydrogens is 284 g/mol. The first-order valence-corrected chi connectivity index (χ1v) is 8.00. The number of ether oxygens (including phenoxy) is 2. The van der Waals surface area contributed by atoms with Gasteiger partial charge in [0.1, 0.15) is 5.01 Å². The van der Waals surface area contributed by atoms with Crippen molar-refractivity contribution in [1.82, 2.24) is 10.3 Å². The van der Waals surface area contributed by atoms with Crippen molar-refractivity contribution in [3.8, 4) is 11.5 Å². The molecule has 1 atom stereocenters. The van der Waals surface area contributed by atoms with Crippen molar-refractivity contribution in [2.45, 2.75) is 31.8 Å². The Morgan fingerprint density at radius 1 is 1.29 bits per heavy atom. The smallest absolute Gasteiger partial charge is 0.165 e. The minimum Gasteiger partial charge on any atom is -0.493 e. The minimum absolute atomic E-state index is 0.0567. The average molecular weight is 304 g/mol. The van der Waals surface area contributed by atoms with E-state index < -0.39 is 0 Å². The second kappa shape index (κ2) is 6.03. The van der Waals surface area contributed by atoms with Crippen LogP contribution in [0.3, 0.4) is 0 Å². The standard InChI is InChI=1S/C16H20N2O2S/c1-10-9-21-16(17-10)14(18-11-7-8-11)12-5-4-6-13(19-2)15(12)20-3/h4-6,9,11,14,18H,7-8H2,1-3H3. The third-order valence-electron chi connectivity index (χ3n) is 3.61. The lowest BCUT2D eigenvalue weighted by Gasteiger charge is -2.20. The zero-order valence-electron chi connectivity index (χ0n) is 12.6. The molecule has 1 aliphatic rings. The Balaban J connectivity index is 2.03. The molecular formula is C16H20N2O2S. The molecule has 0 amide bonds. The zero-order valence-corrected chi connectivity index (χ0v) is 13.4. The lowest BCUT2D eigenvalue weighted by molar-refractivity contribution is 0.348. The summed E-state index contributed by atoms with van der Waals surface area (Å²) in [6, 6.07) is 6.64. The second-order valence-electron chi connectivity index (χ2n) is 5.28. The Kier molecular flexibility index (Phi) is 4.12. The molecule has 0 spiro atoms. The van der Waals surface area contributed by atoms with Crippen LogP contribution in [0.15, 0.2) is 23.6 Å². The van der Waals surface area contributed by atoms with Gasteiger partial charge in [-0.15, -0.1) is 11.3 Å². The van der Waals surface area contributed by atoms with Crippen molar-refractivity contribution in [2.24, 2.45) is 0 Å². The van der Waals surface area contributed by atoms with Crippen molar-refractivity contribution in [1.29, 1.82) is 0 Å². The van der Waals surface area contributed by atoms with Crippen molar-refractivity contribution < 1.29 is 9.47 Å². The maximum atomic E-state index is 5.59. The highest BCUT2D eigenvalue weighted by Crippen LogP contribution is 2.39. The monoisotopic (exact) mass is 304 g/mol. The lowest BCUT2D eigenvalue weighted by Crippen LogP contribution is -2.25. The van der Waals surface area contributed by atoms with E-state index in [2.05, 4.69) is 21.7 Å². The van der Waals surface area contributed by atoms with E-state index in [1.54, 1.807) is 25.6 Å². The highest BCUT2D eigenvalue weighted by Gasteiger charge is 2.30. The van der Waals surface area contributed by atoms with Gasteiger partial charge < -0.3 is 14.8 Å². The third kappa shape index (κ3) is 3.04. The number of nitrogens with one attached hydrogen (secondary N) is 1. The van der Waals surface area contributed by atoms with Gasteiger partial charge in [0.05, 0.1) is 20.3 Å². The lowest BCUT2D eigenvalue weighted by atomic mass is 10.1. The summed E-state index contributed by atoms with van der Waals surface area (Å²) in [4.78, 5) is 4.66. The van der Waals surface area contributed by atoms with E-state index >= 15 is 0 Å². The number of hydrogen-bond acceptors (Lipinski definition) is 5. The van der Waals surface area contributed by atoms with Crippen molar-refractivity contribution in [3.63, 3.8) is 0 Å². The largest absolute Gasteiger partial charge is 0.493 e. The predicted molar refractivity (Wildman–Crippen MR) is 84.4 cm³/mol. The van der Waals surface area contributed by atoms with E-state index in [0.717, 1.165) is 27.8 Å². The van der Waals surface area contributed by atoms with Gasteiger partial charge in [-0.2, -0.15) is 0 Å². The second-order valence-corrected chi connectivity index (χ2v) is 6.17. The number of para-hydroxylation sites is 1. The van der Waals surface area contributed by atoms with Gasteiger partial charge in [0.15, 0.2) is 11.5 Å². The molecule has 3 rings (SSSR count). The molecule has 5 heteroatoms. The number of nitrogens with zero attached hydrogens (tertiary/aromatic N) is 1. The summed E-state index contributed by atoms with van der Waals surface area (Å²) in [6.07, 6.45) is 2.46. The quantitative estimate of drug-likeness (QED) is 0.889. The van der Waals surface area contributed by atoms with Crippen molar-refractivity contribution >= 4 is 11.3 Å². The van der Waals surface area contributed by atoms with Gasteiger partial charge in [-0.1, -0.05) is 12.1 Å². The van der Waals surface area contributed by atoms with E-state index in [1.807, 2.05) is 19.1 Å². The molecule has 1 heterocycles. The van der Waals surface area contributed by atoms with Crippen LogP contribution >= 0.6 is 11.3 Å². The van der Waals surface area contributed by atoms with Crippen LogP contribution in [0.5, 0.6) is 11.5 Å². The number of thiazole rings is 1. The normalized spacial score (nSPS) is 15.8. The summed E-state index contributed by atoms with van der Waals surface area (Å²) < 4.78 is 11.0. The van der Waals surface area contributed by atoms with E-state index in [9.17, 15) is 0 Å². The molecule has 1 saturated carbocycles. The molecule has 1 aromatic heterocycles. The summed E-state index contributed by atoms with van der Waals surface area (Å²) >= 11 is 1.68.